The predicted octanol–water partition coefficient (Wildman–Crippen LogP) is 1.77. The highest BCUT2D eigenvalue weighted by atomic mass is 16.5. The lowest BCUT2D eigenvalue weighted by atomic mass is 10.1. The number of nitrogens with zero attached hydrogens (tertiary/aromatic N) is 2. The Morgan fingerprint density at radius 2 is 1.88 bits per heavy atom. The van der Waals surface area contributed by atoms with Crippen LogP contribution >= 0.6 is 0 Å². The summed E-state index contributed by atoms with van der Waals surface area (Å²) in [5.41, 5.74) is 1.73. The summed E-state index contributed by atoms with van der Waals surface area (Å²) in [6.07, 6.45) is 1.60. The predicted molar refractivity (Wildman–Crippen MR) is 96.0 cm³/mol. The number of hydrogen-bond acceptors (Lipinski definition) is 4. The van der Waals surface area contributed by atoms with E-state index in [4.69, 9.17) is 4.52 Å². The lowest BCUT2D eigenvalue weighted by Crippen LogP contribution is -2.48. The zero-order valence-electron chi connectivity index (χ0n) is 15.7. The lowest BCUT2D eigenvalue weighted by molar-refractivity contribution is -0.121. The van der Waals surface area contributed by atoms with Crippen molar-refractivity contribution in [1.29, 1.82) is 0 Å². The summed E-state index contributed by atoms with van der Waals surface area (Å²) < 4.78 is 5.36. The Balaban J connectivity index is 2.72. The van der Waals surface area contributed by atoms with Crippen molar-refractivity contribution in [3.63, 3.8) is 0 Å². The van der Waals surface area contributed by atoms with Gasteiger partial charge in [0, 0.05) is 24.1 Å². The summed E-state index contributed by atoms with van der Waals surface area (Å²) in [4.78, 5) is 16.5. The monoisotopic (exact) mass is 337 g/mol. The number of aryl methyl sites for hydroxylation is 2. The van der Waals surface area contributed by atoms with Gasteiger partial charge >= 0.3 is 0 Å². The third-order valence-corrected chi connectivity index (χ3v) is 3.28. The van der Waals surface area contributed by atoms with Crippen LogP contribution in [0.2, 0.25) is 0 Å². The van der Waals surface area contributed by atoms with Crippen molar-refractivity contribution in [2.75, 3.05) is 13.1 Å². The fourth-order valence-corrected chi connectivity index (χ4v) is 2.24. The standard InChI is InChI=1S/C17H31N5O2/c1-7-13-12(14(8-2)24-22-13)10-19-16(18-9-3)20-11-15(23)21-17(4,5)6/h7-11H2,1-6H3,(H,21,23)(H2,18,19,20). The van der Waals surface area contributed by atoms with Crippen molar-refractivity contribution < 1.29 is 9.32 Å². The summed E-state index contributed by atoms with van der Waals surface area (Å²) in [6.45, 7) is 13.3. The van der Waals surface area contributed by atoms with Crippen molar-refractivity contribution in [3.05, 3.63) is 17.0 Å². The molecule has 7 heteroatoms. The number of amides is 1. The Morgan fingerprint density at radius 1 is 1.17 bits per heavy atom. The largest absolute Gasteiger partial charge is 0.361 e. The highest BCUT2D eigenvalue weighted by Crippen LogP contribution is 2.16. The molecule has 0 radical (unpaired) electrons. The molecule has 3 N–H and O–H groups in total. The van der Waals surface area contributed by atoms with Crippen LogP contribution in [0.15, 0.2) is 9.52 Å². The molecule has 0 aliphatic heterocycles. The maximum Gasteiger partial charge on any atom is 0.239 e. The van der Waals surface area contributed by atoms with Gasteiger partial charge in [0.15, 0.2) is 5.96 Å². The van der Waals surface area contributed by atoms with E-state index in [1.807, 2.05) is 41.5 Å². The van der Waals surface area contributed by atoms with Gasteiger partial charge in [-0.05, 0) is 34.1 Å². The molecule has 1 rings (SSSR count). The van der Waals surface area contributed by atoms with E-state index in [-0.39, 0.29) is 18.0 Å². The first-order valence-corrected chi connectivity index (χ1v) is 8.60. The molecule has 0 unspecified atom stereocenters. The van der Waals surface area contributed by atoms with Gasteiger partial charge in [-0.25, -0.2) is 4.99 Å². The zero-order valence-corrected chi connectivity index (χ0v) is 15.7. The van der Waals surface area contributed by atoms with Crippen molar-refractivity contribution in [2.45, 2.75) is 66.5 Å². The van der Waals surface area contributed by atoms with E-state index >= 15 is 0 Å². The maximum atomic E-state index is 11.9. The fourth-order valence-electron chi connectivity index (χ4n) is 2.24. The average Bonchev–Trinajstić information content (AvgIpc) is 2.90. The quantitative estimate of drug-likeness (QED) is 0.521. The number of guanidine groups is 1. The summed E-state index contributed by atoms with van der Waals surface area (Å²) in [5.74, 6) is 1.41. The van der Waals surface area contributed by atoms with Crippen molar-refractivity contribution in [2.24, 2.45) is 4.99 Å². The van der Waals surface area contributed by atoms with E-state index in [0.717, 1.165) is 36.4 Å². The van der Waals surface area contributed by atoms with E-state index in [9.17, 15) is 4.79 Å². The smallest absolute Gasteiger partial charge is 0.239 e. The molecule has 1 aromatic heterocycles. The van der Waals surface area contributed by atoms with E-state index in [1.165, 1.54) is 0 Å². The summed E-state index contributed by atoms with van der Waals surface area (Å²) >= 11 is 0. The molecule has 0 saturated heterocycles. The maximum absolute atomic E-state index is 11.9. The summed E-state index contributed by atoms with van der Waals surface area (Å²) in [6, 6.07) is 0. The molecule has 0 aromatic carbocycles. The minimum absolute atomic E-state index is 0.0680. The lowest BCUT2D eigenvalue weighted by Gasteiger charge is -2.21. The van der Waals surface area contributed by atoms with Crippen LogP contribution in [-0.2, 0) is 24.2 Å². The van der Waals surface area contributed by atoms with E-state index < -0.39 is 0 Å². The number of carbonyl (C=O) groups is 1. The number of hydrogen-bond donors (Lipinski definition) is 3. The Kier molecular flexibility index (Phi) is 7.74. The first kappa shape index (κ1) is 20.0. The van der Waals surface area contributed by atoms with Gasteiger partial charge in [0.1, 0.15) is 5.76 Å². The number of aromatic nitrogens is 1. The van der Waals surface area contributed by atoms with Gasteiger partial charge in [-0.3, -0.25) is 4.79 Å². The van der Waals surface area contributed by atoms with Crippen molar-refractivity contribution >= 4 is 11.9 Å². The third-order valence-electron chi connectivity index (χ3n) is 3.28. The van der Waals surface area contributed by atoms with Crippen LogP contribution in [0.5, 0.6) is 0 Å². The molecule has 0 saturated carbocycles. The van der Waals surface area contributed by atoms with Crippen LogP contribution in [0.3, 0.4) is 0 Å². The Bertz CT molecular complexity index is 536. The molecule has 0 aliphatic carbocycles. The summed E-state index contributed by atoms with van der Waals surface area (Å²) in [5, 5.41) is 13.2. The molecule has 0 aliphatic rings. The molecule has 0 fully saturated rings. The van der Waals surface area contributed by atoms with Crippen molar-refractivity contribution in [3.8, 4) is 0 Å². The fraction of sp³-hybridized carbons (Fsp3) is 0.706. The average molecular weight is 337 g/mol. The van der Waals surface area contributed by atoms with E-state index in [0.29, 0.717) is 12.5 Å². The van der Waals surface area contributed by atoms with Crippen molar-refractivity contribution in [1.82, 2.24) is 21.1 Å². The van der Waals surface area contributed by atoms with Gasteiger partial charge in [0.2, 0.25) is 5.91 Å². The van der Waals surface area contributed by atoms with Gasteiger partial charge < -0.3 is 20.5 Å². The minimum atomic E-state index is -0.247. The number of nitrogens with one attached hydrogen (secondary N) is 3. The van der Waals surface area contributed by atoms with E-state index in [2.05, 4.69) is 26.1 Å². The Morgan fingerprint density at radius 3 is 2.42 bits per heavy atom. The second-order valence-corrected chi connectivity index (χ2v) is 6.58. The zero-order chi connectivity index (χ0) is 18.2. The summed E-state index contributed by atoms with van der Waals surface area (Å²) in [7, 11) is 0. The van der Waals surface area contributed by atoms with Crippen LogP contribution < -0.4 is 16.0 Å². The van der Waals surface area contributed by atoms with Gasteiger partial charge in [-0.15, -0.1) is 0 Å². The highest BCUT2D eigenvalue weighted by molar-refractivity contribution is 5.86. The highest BCUT2D eigenvalue weighted by Gasteiger charge is 2.15. The second kappa shape index (κ2) is 9.30. The minimum Gasteiger partial charge on any atom is -0.361 e. The molecule has 0 atom stereocenters. The first-order chi connectivity index (χ1) is 11.3. The molecule has 0 spiro atoms. The van der Waals surface area contributed by atoms with E-state index in [1.54, 1.807) is 0 Å². The SMILES string of the molecule is CCNC(=NCc1c(CC)noc1CC)NCC(=O)NC(C)(C)C. The van der Waals surface area contributed by atoms with Crippen LogP contribution in [0.1, 0.15) is 58.6 Å². The Labute approximate surface area is 144 Å². The van der Waals surface area contributed by atoms with Gasteiger partial charge in [0.25, 0.3) is 0 Å². The number of rotatable bonds is 7. The second-order valence-electron chi connectivity index (χ2n) is 6.58. The number of aliphatic imine (C=N–C) groups is 1. The molecular weight excluding hydrogens is 306 g/mol. The van der Waals surface area contributed by atoms with Crippen LogP contribution in [0, 0.1) is 0 Å². The van der Waals surface area contributed by atoms with Crippen LogP contribution in [0.4, 0.5) is 0 Å². The third kappa shape index (κ3) is 6.60. The molecular formula is C17H31N5O2. The van der Waals surface area contributed by atoms with Crippen LogP contribution in [0.25, 0.3) is 0 Å². The molecule has 136 valence electrons. The van der Waals surface area contributed by atoms with Gasteiger partial charge in [0.05, 0.1) is 18.8 Å². The van der Waals surface area contributed by atoms with Crippen LogP contribution in [-0.4, -0.2) is 35.7 Å². The normalized spacial score (nSPS) is 12.2. The molecule has 1 amide bonds. The first-order valence-electron chi connectivity index (χ1n) is 8.60. The van der Waals surface area contributed by atoms with Gasteiger partial charge in [-0.2, -0.15) is 0 Å². The molecule has 1 aromatic rings. The topological polar surface area (TPSA) is 91.6 Å². The number of carbonyl (C=O) groups excluding carboxylic acids is 1. The molecule has 0 bridgehead atoms. The molecule has 1 heterocycles. The molecule has 24 heavy (non-hydrogen) atoms. The Hall–Kier alpha value is -2.05. The molecule has 7 nitrogen and oxygen atoms in total. The van der Waals surface area contributed by atoms with Gasteiger partial charge in [-0.1, -0.05) is 19.0 Å².